The molecule has 1 aromatic heterocycles. The summed E-state index contributed by atoms with van der Waals surface area (Å²) in [6.07, 6.45) is 3.18. The summed E-state index contributed by atoms with van der Waals surface area (Å²) in [5.74, 6) is -0.895. The first kappa shape index (κ1) is 21.0. The Balaban J connectivity index is 1.43. The van der Waals surface area contributed by atoms with Crippen LogP contribution in [-0.2, 0) is 12.7 Å². The molecule has 0 radical (unpaired) electrons. The van der Waals surface area contributed by atoms with Crippen molar-refractivity contribution in [2.45, 2.75) is 25.6 Å². The summed E-state index contributed by atoms with van der Waals surface area (Å²) in [7, 11) is 0. The molecule has 1 aliphatic carbocycles. The first-order valence-corrected chi connectivity index (χ1v) is 10.0. The average Bonchev–Trinajstić information content (AvgIpc) is 3.40. The molecule has 0 amide bonds. The molecule has 0 spiro atoms. The predicted octanol–water partition coefficient (Wildman–Crippen LogP) is 6.27. The van der Waals surface area contributed by atoms with Gasteiger partial charge in [0.1, 0.15) is 23.0 Å². The Bertz CT molecular complexity index is 1370. The maximum Gasteiger partial charge on any atom is 0.417 e. The van der Waals surface area contributed by atoms with Crippen molar-refractivity contribution >= 4 is 5.57 Å². The van der Waals surface area contributed by atoms with Crippen molar-refractivity contribution < 1.29 is 26.5 Å². The Morgan fingerprint density at radius 3 is 2.55 bits per heavy atom. The molecule has 10 heteroatoms. The zero-order chi connectivity index (χ0) is 23.2. The molecule has 33 heavy (non-hydrogen) atoms. The first-order valence-electron chi connectivity index (χ1n) is 10.0. The van der Waals surface area contributed by atoms with E-state index in [1.807, 2.05) is 0 Å². The van der Waals surface area contributed by atoms with Crippen molar-refractivity contribution in [2.24, 2.45) is 0 Å². The van der Waals surface area contributed by atoms with Gasteiger partial charge >= 0.3 is 6.18 Å². The number of allylic oxidation sites excluding steroid dienone is 4. The maximum absolute atomic E-state index is 14.2. The van der Waals surface area contributed by atoms with Gasteiger partial charge in [-0.25, -0.2) is 18.7 Å². The quantitative estimate of drug-likeness (QED) is 0.338. The van der Waals surface area contributed by atoms with Crippen molar-refractivity contribution in [2.75, 3.05) is 0 Å². The molecule has 0 unspecified atom stereocenters. The number of aromatic nitrogens is 4. The number of fused-ring (bicyclic) bond motifs is 1. The molecule has 168 valence electrons. The van der Waals surface area contributed by atoms with E-state index in [2.05, 4.69) is 15.1 Å². The molecule has 0 fully saturated rings. The molecule has 0 bridgehead atoms. The van der Waals surface area contributed by atoms with Gasteiger partial charge in [-0.2, -0.15) is 13.2 Å². The van der Waals surface area contributed by atoms with Crippen LogP contribution in [0.25, 0.3) is 28.2 Å². The van der Waals surface area contributed by atoms with Gasteiger partial charge in [-0.3, -0.25) is 0 Å². The molecule has 3 aliphatic rings. The Kier molecular flexibility index (Phi) is 5.07. The van der Waals surface area contributed by atoms with Crippen molar-refractivity contribution in [3.8, 4) is 22.6 Å². The highest BCUT2D eigenvalue weighted by Gasteiger charge is 2.36. The van der Waals surface area contributed by atoms with Crippen LogP contribution in [0.1, 0.15) is 30.0 Å². The molecule has 2 aliphatic heterocycles. The number of imidazole rings is 1. The Hall–Kier alpha value is -3.82. The van der Waals surface area contributed by atoms with Gasteiger partial charge in [0.05, 0.1) is 28.9 Å². The van der Waals surface area contributed by atoms with Crippen LogP contribution in [0.5, 0.6) is 0 Å². The predicted molar refractivity (Wildman–Crippen MR) is 109 cm³/mol. The van der Waals surface area contributed by atoms with Crippen LogP contribution < -0.4 is 0 Å². The lowest BCUT2D eigenvalue weighted by Gasteiger charge is -2.11. The second-order valence-electron chi connectivity index (χ2n) is 7.52. The molecule has 0 N–H and O–H groups in total. The highest BCUT2D eigenvalue weighted by Crippen LogP contribution is 2.38. The van der Waals surface area contributed by atoms with Crippen LogP contribution in [-0.4, -0.2) is 19.7 Å². The van der Waals surface area contributed by atoms with Gasteiger partial charge < -0.3 is 9.09 Å². The third-order valence-electron chi connectivity index (χ3n) is 5.24. The Morgan fingerprint density at radius 2 is 1.76 bits per heavy atom. The fourth-order valence-corrected chi connectivity index (χ4v) is 3.72. The minimum Gasteiger partial charge on any atom is -0.359 e. The van der Waals surface area contributed by atoms with E-state index < -0.39 is 23.1 Å². The molecule has 0 saturated heterocycles. The lowest BCUT2D eigenvalue weighted by atomic mass is 10.0. The van der Waals surface area contributed by atoms with Crippen LogP contribution in [0.15, 0.2) is 65.2 Å². The number of halogens is 5. The molecule has 5 rings (SSSR count). The molecular formula is C23H15F5N4O. The number of alkyl halides is 3. The number of benzene rings is 1. The van der Waals surface area contributed by atoms with E-state index in [4.69, 9.17) is 4.52 Å². The third-order valence-corrected chi connectivity index (χ3v) is 5.24. The van der Waals surface area contributed by atoms with Crippen molar-refractivity contribution in [3.05, 3.63) is 83.7 Å². The van der Waals surface area contributed by atoms with Crippen LogP contribution >= 0.6 is 0 Å². The number of hydrogen-bond acceptors (Lipinski definition) is 4. The standard InChI is InChI=1S/C23H15F5N4O/c24-16-6-2-1-4-14(16)22-29-18-8-9-32(12-20(18)30-22)11-13-10-19(31-33-13)21-15(23(26,27)28)5-3-7-17(21)25/h3-10,12H,1-2,11H2. The van der Waals surface area contributed by atoms with Gasteiger partial charge in [0.2, 0.25) is 0 Å². The summed E-state index contributed by atoms with van der Waals surface area (Å²) in [6, 6.07) is 5.68. The van der Waals surface area contributed by atoms with Crippen molar-refractivity contribution in [1.29, 1.82) is 0 Å². The topological polar surface area (TPSA) is 56.7 Å². The summed E-state index contributed by atoms with van der Waals surface area (Å²) < 4.78 is 75.1. The van der Waals surface area contributed by atoms with Crippen molar-refractivity contribution in [1.82, 2.24) is 19.7 Å². The second kappa shape index (κ2) is 7.95. The number of pyridine rings is 1. The molecule has 0 atom stereocenters. The number of rotatable bonds is 4. The molecule has 5 nitrogen and oxygen atoms in total. The smallest absolute Gasteiger partial charge is 0.359 e. The minimum absolute atomic E-state index is 0.109. The molecule has 3 heterocycles. The Morgan fingerprint density at radius 1 is 0.970 bits per heavy atom. The normalized spacial score (nSPS) is 14.5. The third kappa shape index (κ3) is 4.04. The summed E-state index contributed by atoms with van der Waals surface area (Å²) >= 11 is 0. The lowest BCUT2D eigenvalue weighted by molar-refractivity contribution is -0.137. The summed E-state index contributed by atoms with van der Waals surface area (Å²) in [6.45, 7) is 0.109. The van der Waals surface area contributed by atoms with Crippen LogP contribution in [0.4, 0.5) is 22.0 Å². The van der Waals surface area contributed by atoms with E-state index in [0.717, 1.165) is 18.2 Å². The van der Waals surface area contributed by atoms with E-state index in [0.29, 0.717) is 29.8 Å². The summed E-state index contributed by atoms with van der Waals surface area (Å²) in [4.78, 5) is 8.75. The van der Waals surface area contributed by atoms with E-state index in [-0.39, 0.29) is 29.7 Å². The zero-order valence-electron chi connectivity index (χ0n) is 16.9. The van der Waals surface area contributed by atoms with Crippen molar-refractivity contribution in [3.63, 3.8) is 0 Å². The summed E-state index contributed by atoms with van der Waals surface area (Å²) in [5.41, 5.74) is -0.606. The van der Waals surface area contributed by atoms with Gasteiger partial charge in [-0.05, 0) is 37.1 Å². The number of nitrogens with zero attached hydrogens (tertiary/aromatic N) is 4. The summed E-state index contributed by atoms with van der Waals surface area (Å²) in [5, 5.41) is 3.64. The van der Waals surface area contributed by atoms with E-state index in [1.165, 1.54) is 12.1 Å². The minimum atomic E-state index is -4.74. The molecule has 1 aromatic carbocycles. The average molecular weight is 458 g/mol. The Labute approximate surface area is 184 Å². The lowest BCUT2D eigenvalue weighted by Crippen LogP contribution is -2.08. The van der Waals surface area contributed by atoms with Gasteiger partial charge in [0.25, 0.3) is 0 Å². The highest BCUT2D eigenvalue weighted by molar-refractivity contribution is 5.76. The fourth-order valence-electron chi connectivity index (χ4n) is 3.72. The largest absolute Gasteiger partial charge is 0.417 e. The van der Waals surface area contributed by atoms with Crippen LogP contribution in [0, 0.1) is 5.82 Å². The first-order chi connectivity index (χ1) is 15.8. The maximum atomic E-state index is 14.2. The van der Waals surface area contributed by atoms with Crippen LogP contribution in [0.2, 0.25) is 0 Å². The van der Waals surface area contributed by atoms with E-state index >= 15 is 0 Å². The zero-order valence-corrected chi connectivity index (χ0v) is 16.9. The van der Waals surface area contributed by atoms with E-state index in [9.17, 15) is 22.0 Å². The second-order valence-corrected chi connectivity index (χ2v) is 7.52. The highest BCUT2D eigenvalue weighted by atomic mass is 19.4. The molecule has 0 saturated carbocycles. The van der Waals surface area contributed by atoms with E-state index in [1.54, 1.807) is 29.1 Å². The van der Waals surface area contributed by atoms with Gasteiger partial charge in [-0.1, -0.05) is 17.3 Å². The fraction of sp³-hybridized carbons (Fsp3) is 0.174. The van der Waals surface area contributed by atoms with Gasteiger partial charge in [0, 0.05) is 18.5 Å². The molecular weight excluding hydrogens is 443 g/mol. The SMILES string of the molecule is FC1=CCCC=C1c1nc2ccn(Cc3cc(-c4c(F)cccc4C(F)(F)F)no3)cc-2n1. The van der Waals surface area contributed by atoms with Gasteiger partial charge in [-0.15, -0.1) is 0 Å². The number of hydrogen-bond donors (Lipinski definition) is 0. The monoisotopic (exact) mass is 458 g/mol. The molecule has 2 aromatic rings. The van der Waals surface area contributed by atoms with Crippen LogP contribution in [0.3, 0.4) is 0 Å². The van der Waals surface area contributed by atoms with Gasteiger partial charge in [0.15, 0.2) is 11.6 Å².